The first kappa shape index (κ1) is 8.56. The fourth-order valence-electron chi connectivity index (χ4n) is 0.883. The van der Waals surface area contributed by atoms with Gasteiger partial charge in [-0.1, -0.05) is 0 Å². The largest absolute Gasteiger partial charge is 0.444 e. The molecule has 0 spiro atoms. The number of hydrogen-bond donors (Lipinski definition) is 1. The van der Waals surface area contributed by atoms with E-state index in [4.69, 9.17) is 21.1 Å². The summed E-state index contributed by atoms with van der Waals surface area (Å²) in [5, 5.41) is 8.61. The van der Waals surface area contributed by atoms with E-state index < -0.39 is 0 Å². The van der Waals surface area contributed by atoms with Crippen LogP contribution >= 0.6 is 11.6 Å². The monoisotopic (exact) mass is 175 g/mol. The maximum atomic E-state index is 8.61. The number of aliphatic hydroxyl groups excluding tert-OH is 1. The van der Waals surface area contributed by atoms with Gasteiger partial charge < -0.3 is 9.52 Å². The summed E-state index contributed by atoms with van der Waals surface area (Å²) in [6.45, 7) is 1.91. The Kier molecular flexibility index (Phi) is 2.91. The van der Waals surface area contributed by atoms with Crippen molar-refractivity contribution in [3.8, 4) is 0 Å². The van der Waals surface area contributed by atoms with Crippen molar-refractivity contribution in [1.82, 2.24) is 4.98 Å². The van der Waals surface area contributed by atoms with E-state index in [2.05, 4.69) is 4.98 Å². The van der Waals surface area contributed by atoms with Gasteiger partial charge in [0.15, 0.2) is 0 Å². The number of aromatic nitrogens is 1. The summed E-state index contributed by atoms with van der Waals surface area (Å²) >= 11 is 5.49. The third kappa shape index (κ3) is 1.94. The summed E-state index contributed by atoms with van der Waals surface area (Å²) in [5.41, 5.74) is 0.795. The second-order valence-electron chi connectivity index (χ2n) is 2.22. The second-order valence-corrected chi connectivity index (χ2v) is 2.48. The summed E-state index contributed by atoms with van der Waals surface area (Å²) in [6, 6.07) is 0. The van der Waals surface area contributed by atoms with E-state index in [0.717, 1.165) is 11.5 Å². The van der Waals surface area contributed by atoms with Crippen LogP contribution in [0.25, 0.3) is 0 Å². The highest BCUT2D eigenvalue weighted by atomic mass is 35.5. The van der Waals surface area contributed by atoms with Gasteiger partial charge in [0, 0.05) is 13.0 Å². The fourth-order valence-corrected chi connectivity index (χ4v) is 0.997. The van der Waals surface area contributed by atoms with Crippen LogP contribution in [0.5, 0.6) is 0 Å². The highest BCUT2D eigenvalue weighted by Gasteiger charge is 2.06. The lowest BCUT2D eigenvalue weighted by Gasteiger charge is -1.88. The maximum Gasteiger partial charge on any atom is 0.209 e. The average Bonchev–Trinajstić information content (AvgIpc) is 2.33. The molecular weight excluding hydrogens is 166 g/mol. The highest BCUT2D eigenvalue weighted by molar-refractivity contribution is 6.16. The minimum absolute atomic E-state index is 0.0924. The molecule has 1 rings (SSSR count). The van der Waals surface area contributed by atoms with Gasteiger partial charge in [0.1, 0.15) is 5.76 Å². The Morgan fingerprint density at radius 3 is 2.82 bits per heavy atom. The minimum Gasteiger partial charge on any atom is -0.444 e. The molecule has 62 valence electrons. The van der Waals surface area contributed by atoms with Crippen LogP contribution in [-0.2, 0) is 12.3 Å². The molecule has 1 heterocycles. The molecule has 0 atom stereocenters. The van der Waals surface area contributed by atoms with Crippen molar-refractivity contribution in [2.24, 2.45) is 0 Å². The molecule has 0 radical (unpaired) electrons. The molecule has 0 saturated carbocycles. The number of alkyl halides is 1. The van der Waals surface area contributed by atoms with E-state index in [-0.39, 0.29) is 12.5 Å². The smallest absolute Gasteiger partial charge is 0.209 e. The van der Waals surface area contributed by atoms with Gasteiger partial charge in [-0.05, 0) is 6.92 Å². The van der Waals surface area contributed by atoms with E-state index in [1.54, 1.807) is 0 Å². The lowest BCUT2D eigenvalue weighted by molar-refractivity contribution is 0.297. The summed E-state index contributed by atoms with van der Waals surface area (Å²) in [6.07, 6.45) is 0.534. The molecule has 1 aromatic heterocycles. The molecule has 11 heavy (non-hydrogen) atoms. The van der Waals surface area contributed by atoms with Crippen molar-refractivity contribution >= 4 is 11.6 Å². The van der Waals surface area contributed by atoms with Crippen LogP contribution in [0, 0.1) is 6.92 Å². The third-order valence-corrected chi connectivity index (χ3v) is 1.63. The summed E-state index contributed by atoms with van der Waals surface area (Å²) in [5.74, 6) is 1.55. The summed E-state index contributed by atoms with van der Waals surface area (Å²) in [4.78, 5) is 4.06. The normalized spacial score (nSPS) is 10.5. The van der Waals surface area contributed by atoms with Crippen LogP contribution in [0.1, 0.15) is 17.3 Å². The molecule has 0 amide bonds. The third-order valence-electron chi connectivity index (χ3n) is 1.40. The quantitative estimate of drug-likeness (QED) is 0.704. The predicted molar refractivity (Wildman–Crippen MR) is 41.6 cm³/mol. The number of aryl methyl sites for hydroxylation is 1. The SMILES string of the molecule is Cc1oc(CCl)nc1CCO. The predicted octanol–water partition coefficient (Wildman–Crippen LogP) is 1.26. The van der Waals surface area contributed by atoms with Crippen molar-refractivity contribution in [1.29, 1.82) is 0 Å². The minimum atomic E-state index is 0.0924. The first-order chi connectivity index (χ1) is 5.27. The number of rotatable bonds is 3. The zero-order valence-corrected chi connectivity index (χ0v) is 7.06. The first-order valence-electron chi connectivity index (χ1n) is 3.40. The molecule has 3 nitrogen and oxygen atoms in total. The van der Waals surface area contributed by atoms with Gasteiger partial charge in [0.05, 0.1) is 11.6 Å². The van der Waals surface area contributed by atoms with Gasteiger partial charge in [0.2, 0.25) is 5.89 Å². The number of halogens is 1. The zero-order valence-electron chi connectivity index (χ0n) is 6.30. The van der Waals surface area contributed by atoms with E-state index in [9.17, 15) is 0 Å². The standard InChI is InChI=1S/C7H10ClNO2/c1-5-6(2-3-10)9-7(4-8)11-5/h10H,2-4H2,1H3. The van der Waals surface area contributed by atoms with Gasteiger partial charge in [-0.3, -0.25) is 0 Å². The van der Waals surface area contributed by atoms with Crippen molar-refractivity contribution in [2.45, 2.75) is 19.2 Å². The van der Waals surface area contributed by atoms with Crippen LogP contribution in [0.15, 0.2) is 4.42 Å². The Morgan fingerprint density at radius 1 is 1.64 bits per heavy atom. The van der Waals surface area contributed by atoms with E-state index in [1.165, 1.54) is 0 Å². The Bertz CT molecular complexity index is 234. The van der Waals surface area contributed by atoms with Gasteiger partial charge in [0.25, 0.3) is 0 Å². The van der Waals surface area contributed by atoms with E-state index in [0.29, 0.717) is 12.3 Å². The molecule has 0 fully saturated rings. The van der Waals surface area contributed by atoms with E-state index in [1.807, 2.05) is 6.92 Å². The highest BCUT2D eigenvalue weighted by Crippen LogP contribution is 2.11. The van der Waals surface area contributed by atoms with Crippen LogP contribution in [0.4, 0.5) is 0 Å². The molecule has 0 aliphatic heterocycles. The fraction of sp³-hybridized carbons (Fsp3) is 0.571. The summed E-state index contributed by atoms with van der Waals surface area (Å²) < 4.78 is 5.16. The van der Waals surface area contributed by atoms with Crippen molar-refractivity contribution in [2.75, 3.05) is 6.61 Å². The maximum absolute atomic E-state index is 8.61. The molecule has 0 aliphatic rings. The molecule has 4 heteroatoms. The number of oxazole rings is 1. The molecule has 1 N–H and O–H groups in total. The van der Waals surface area contributed by atoms with Crippen LogP contribution in [-0.4, -0.2) is 16.7 Å². The summed E-state index contributed by atoms with van der Waals surface area (Å²) in [7, 11) is 0. The van der Waals surface area contributed by atoms with Crippen LogP contribution in [0.2, 0.25) is 0 Å². The molecule has 0 unspecified atom stereocenters. The number of hydrogen-bond acceptors (Lipinski definition) is 3. The average molecular weight is 176 g/mol. The van der Waals surface area contributed by atoms with E-state index >= 15 is 0 Å². The topological polar surface area (TPSA) is 46.3 Å². The van der Waals surface area contributed by atoms with Gasteiger partial charge in [-0.15, -0.1) is 11.6 Å². The molecular formula is C7H10ClNO2. The Hall–Kier alpha value is -0.540. The van der Waals surface area contributed by atoms with Gasteiger partial charge in [-0.25, -0.2) is 4.98 Å². The molecule has 0 aliphatic carbocycles. The van der Waals surface area contributed by atoms with Crippen LogP contribution < -0.4 is 0 Å². The number of aliphatic hydroxyl groups is 1. The van der Waals surface area contributed by atoms with Gasteiger partial charge in [-0.2, -0.15) is 0 Å². The lowest BCUT2D eigenvalue weighted by atomic mass is 10.3. The Morgan fingerprint density at radius 2 is 2.36 bits per heavy atom. The molecule has 1 aromatic rings. The van der Waals surface area contributed by atoms with Crippen molar-refractivity contribution in [3.63, 3.8) is 0 Å². The van der Waals surface area contributed by atoms with Crippen molar-refractivity contribution in [3.05, 3.63) is 17.3 Å². The second kappa shape index (κ2) is 3.74. The Balaban J connectivity index is 2.79. The zero-order chi connectivity index (χ0) is 8.27. The lowest BCUT2D eigenvalue weighted by Crippen LogP contribution is -1.92. The Labute approximate surface area is 70.0 Å². The van der Waals surface area contributed by atoms with Crippen molar-refractivity contribution < 1.29 is 9.52 Å². The molecule has 0 bridgehead atoms. The first-order valence-corrected chi connectivity index (χ1v) is 3.93. The van der Waals surface area contributed by atoms with Crippen LogP contribution in [0.3, 0.4) is 0 Å². The van der Waals surface area contributed by atoms with Gasteiger partial charge >= 0.3 is 0 Å². The molecule has 0 saturated heterocycles. The number of nitrogens with zero attached hydrogens (tertiary/aromatic N) is 1. The molecule has 0 aromatic carbocycles.